The third-order valence-corrected chi connectivity index (χ3v) is 7.37. The summed E-state index contributed by atoms with van der Waals surface area (Å²) >= 11 is 0. The molecule has 1 amide bonds. The number of rotatable bonds is 4. The van der Waals surface area contributed by atoms with E-state index in [4.69, 9.17) is 4.74 Å². The van der Waals surface area contributed by atoms with E-state index >= 15 is 0 Å². The lowest BCUT2D eigenvalue weighted by molar-refractivity contribution is 0.0490. The van der Waals surface area contributed by atoms with Crippen molar-refractivity contribution in [1.82, 2.24) is 9.88 Å². The molecule has 1 aromatic carbocycles. The summed E-state index contributed by atoms with van der Waals surface area (Å²) in [5.74, 6) is 0.115. The summed E-state index contributed by atoms with van der Waals surface area (Å²) in [6.45, 7) is 8.57. The Morgan fingerprint density at radius 3 is 2.62 bits per heavy atom. The molecule has 5 rings (SSSR count). The molecule has 178 valence electrons. The zero-order valence-electron chi connectivity index (χ0n) is 20.4. The van der Waals surface area contributed by atoms with Crippen molar-refractivity contribution in [3.8, 4) is 0 Å². The zero-order chi connectivity index (χ0) is 24.1. The van der Waals surface area contributed by atoms with Crippen LogP contribution in [0.1, 0.15) is 86.2 Å². The predicted octanol–water partition coefficient (Wildman–Crippen LogP) is 4.91. The van der Waals surface area contributed by atoms with E-state index in [0.29, 0.717) is 5.69 Å². The van der Waals surface area contributed by atoms with E-state index in [1.807, 2.05) is 47.5 Å². The molecular formula is C28H33N3O3. The Labute approximate surface area is 201 Å². The van der Waals surface area contributed by atoms with E-state index in [-0.39, 0.29) is 29.6 Å². The van der Waals surface area contributed by atoms with Gasteiger partial charge in [-0.3, -0.25) is 14.8 Å². The summed E-state index contributed by atoms with van der Waals surface area (Å²) < 4.78 is 6.52. The lowest BCUT2D eigenvalue weighted by atomic mass is 9.88. The van der Waals surface area contributed by atoms with Crippen molar-refractivity contribution >= 4 is 11.6 Å². The van der Waals surface area contributed by atoms with Gasteiger partial charge in [0.05, 0.1) is 17.5 Å². The standard InChI is InChI=1S/C28H33N3O3/c1-27(2)12-5-15-31(27)26(32)19-8-6-18(7-9-19)23-17-22-25(34-23)21(11-14-29-22)20-10-13-30-24(16-20)28(3,4)33/h6-11,13-14,16,21,23,25,33H,5,12,15,17H2,1-4H3. The Kier molecular flexibility index (Phi) is 5.69. The van der Waals surface area contributed by atoms with Crippen molar-refractivity contribution in [2.75, 3.05) is 6.54 Å². The van der Waals surface area contributed by atoms with Crippen LogP contribution in [-0.4, -0.2) is 44.8 Å². The predicted molar refractivity (Wildman–Crippen MR) is 132 cm³/mol. The molecule has 3 atom stereocenters. The highest BCUT2D eigenvalue weighted by molar-refractivity contribution is 5.95. The Hall–Kier alpha value is -2.83. The first-order valence-electron chi connectivity index (χ1n) is 12.1. The number of aliphatic imine (C=N–C) groups is 1. The molecule has 2 aromatic rings. The minimum atomic E-state index is -1.01. The fourth-order valence-corrected chi connectivity index (χ4v) is 5.31. The maximum absolute atomic E-state index is 13.0. The summed E-state index contributed by atoms with van der Waals surface area (Å²) in [6, 6.07) is 11.8. The zero-order valence-corrected chi connectivity index (χ0v) is 20.4. The second-order valence-corrected chi connectivity index (χ2v) is 10.8. The number of nitrogens with zero attached hydrogens (tertiary/aromatic N) is 3. The highest BCUT2D eigenvalue weighted by atomic mass is 16.5. The molecule has 0 saturated carbocycles. The number of hydrogen-bond donors (Lipinski definition) is 1. The maximum Gasteiger partial charge on any atom is 0.254 e. The van der Waals surface area contributed by atoms with Crippen molar-refractivity contribution < 1.29 is 14.6 Å². The first kappa shape index (κ1) is 22.9. The van der Waals surface area contributed by atoms with Crippen molar-refractivity contribution in [3.63, 3.8) is 0 Å². The summed E-state index contributed by atoms with van der Waals surface area (Å²) in [6.07, 6.45) is 8.21. The lowest BCUT2D eigenvalue weighted by Crippen LogP contribution is -2.42. The molecule has 2 fully saturated rings. The Morgan fingerprint density at radius 2 is 1.94 bits per heavy atom. The van der Waals surface area contributed by atoms with Crippen LogP contribution in [0.3, 0.4) is 0 Å². The van der Waals surface area contributed by atoms with Gasteiger partial charge in [-0.1, -0.05) is 18.2 Å². The Morgan fingerprint density at radius 1 is 1.18 bits per heavy atom. The van der Waals surface area contributed by atoms with Crippen LogP contribution in [-0.2, 0) is 10.3 Å². The normalized spacial score (nSPS) is 25.9. The first-order chi connectivity index (χ1) is 16.1. The third-order valence-electron chi connectivity index (χ3n) is 7.37. The van der Waals surface area contributed by atoms with Crippen LogP contribution in [0.5, 0.6) is 0 Å². The van der Waals surface area contributed by atoms with Crippen molar-refractivity contribution in [2.45, 2.75) is 76.2 Å². The van der Waals surface area contributed by atoms with E-state index in [1.165, 1.54) is 0 Å². The molecule has 6 heteroatoms. The molecule has 1 N–H and O–H groups in total. The fourth-order valence-electron chi connectivity index (χ4n) is 5.31. The van der Waals surface area contributed by atoms with Crippen LogP contribution < -0.4 is 0 Å². The third kappa shape index (κ3) is 4.21. The van der Waals surface area contributed by atoms with Crippen LogP contribution in [0.4, 0.5) is 0 Å². The molecule has 1 aromatic heterocycles. The molecular weight excluding hydrogens is 426 g/mol. The summed E-state index contributed by atoms with van der Waals surface area (Å²) in [7, 11) is 0. The number of aliphatic hydroxyl groups is 1. The van der Waals surface area contributed by atoms with Gasteiger partial charge in [-0.15, -0.1) is 0 Å². The van der Waals surface area contributed by atoms with Crippen LogP contribution in [0, 0.1) is 0 Å². The van der Waals surface area contributed by atoms with Gasteiger partial charge < -0.3 is 14.7 Å². The smallest absolute Gasteiger partial charge is 0.254 e. The van der Waals surface area contributed by atoms with Gasteiger partial charge in [0.2, 0.25) is 0 Å². The van der Waals surface area contributed by atoms with Gasteiger partial charge in [0.1, 0.15) is 11.7 Å². The van der Waals surface area contributed by atoms with E-state index in [2.05, 4.69) is 29.9 Å². The number of ether oxygens (including phenoxy) is 1. The number of benzene rings is 1. The summed E-state index contributed by atoms with van der Waals surface area (Å²) in [5.41, 5.74) is 3.40. The number of hydrogen-bond acceptors (Lipinski definition) is 5. The largest absolute Gasteiger partial charge is 0.384 e. The first-order valence-corrected chi connectivity index (χ1v) is 12.1. The van der Waals surface area contributed by atoms with Gasteiger partial charge in [-0.25, -0.2) is 0 Å². The van der Waals surface area contributed by atoms with Crippen molar-refractivity contribution in [3.05, 3.63) is 77.3 Å². The van der Waals surface area contributed by atoms with E-state index in [9.17, 15) is 9.90 Å². The SMILES string of the molecule is CC(C)(O)c1cc(C2C=CN=C3CC(c4ccc(C(=O)N5CCCC5(C)C)cc4)OC32)ccn1. The lowest BCUT2D eigenvalue weighted by Gasteiger charge is -2.31. The second kappa shape index (κ2) is 8.43. The van der Waals surface area contributed by atoms with Crippen molar-refractivity contribution in [1.29, 1.82) is 0 Å². The van der Waals surface area contributed by atoms with Gasteiger partial charge in [0.25, 0.3) is 5.91 Å². The number of aromatic nitrogens is 1. The highest BCUT2D eigenvalue weighted by Gasteiger charge is 2.40. The molecule has 0 radical (unpaired) electrons. The monoisotopic (exact) mass is 459 g/mol. The van der Waals surface area contributed by atoms with Gasteiger partial charge in [0.15, 0.2) is 0 Å². The quantitative estimate of drug-likeness (QED) is 0.705. The number of amides is 1. The molecule has 2 saturated heterocycles. The van der Waals surface area contributed by atoms with E-state index in [1.54, 1.807) is 20.0 Å². The summed E-state index contributed by atoms with van der Waals surface area (Å²) in [4.78, 5) is 24.0. The van der Waals surface area contributed by atoms with E-state index < -0.39 is 5.60 Å². The molecule has 34 heavy (non-hydrogen) atoms. The highest BCUT2D eigenvalue weighted by Crippen LogP contribution is 2.40. The number of likely N-dealkylation sites (tertiary alicyclic amines) is 1. The summed E-state index contributed by atoms with van der Waals surface area (Å²) in [5, 5.41) is 10.4. The van der Waals surface area contributed by atoms with Gasteiger partial charge in [-0.05, 0) is 75.9 Å². The average Bonchev–Trinajstić information content (AvgIpc) is 3.40. The molecule has 6 nitrogen and oxygen atoms in total. The number of pyridine rings is 1. The van der Waals surface area contributed by atoms with E-state index in [0.717, 1.165) is 48.2 Å². The Balaban J connectivity index is 1.33. The minimum Gasteiger partial charge on any atom is -0.384 e. The molecule has 3 aliphatic rings. The molecule has 3 unspecified atom stereocenters. The minimum absolute atomic E-state index is 0.0137. The number of carbonyl (C=O) groups is 1. The number of fused-ring (bicyclic) bond motifs is 1. The van der Waals surface area contributed by atoms with Crippen LogP contribution in [0.25, 0.3) is 0 Å². The molecule has 0 spiro atoms. The van der Waals surface area contributed by atoms with Crippen LogP contribution >= 0.6 is 0 Å². The topological polar surface area (TPSA) is 75.0 Å². The van der Waals surface area contributed by atoms with Gasteiger partial charge >= 0.3 is 0 Å². The van der Waals surface area contributed by atoms with Gasteiger partial charge in [-0.2, -0.15) is 0 Å². The second-order valence-electron chi connectivity index (χ2n) is 10.8. The van der Waals surface area contributed by atoms with Crippen LogP contribution in [0.15, 0.2) is 59.9 Å². The van der Waals surface area contributed by atoms with Crippen LogP contribution in [0.2, 0.25) is 0 Å². The average molecular weight is 460 g/mol. The Bertz CT molecular complexity index is 1140. The van der Waals surface area contributed by atoms with Gasteiger partial charge in [0, 0.05) is 42.4 Å². The molecule has 4 heterocycles. The fraction of sp³-hybridized carbons (Fsp3) is 0.464. The molecule has 0 aliphatic carbocycles. The molecule has 3 aliphatic heterocycles. The molecule has 0 bridgehead atoms. The maximum atomic E-state index is 13.0. The van der Waals surface area contributed by atoms with Crippen molar-refractivity contribution in [2.24, 2.45) is 4.99 Å². The number of carbonyl (C=O) groups excluding carboxylic acids is 1.